The quantitative estimate of drug-likeness (QED) is 0.549. The van der Waals surface area contributed by atoms with Crippen molar-refractivity contribution in [2.24, 2.45) is 0 Å². The minimum Gasteiger partial charge on any atom is -0.326 e. The van der Waals surface area contributed by atoms with E-state index in [1.165, 1.54) is 6.04 Å². The van der Waals surface area contributed by atoms with Gasteiger partial charge in [-0.2, -0.15) is 0 Å². The van der Waals surface area contributed by atoms with Gasteiger partial charge in [0.15, 0.2) is 0 Å². The highest BCUT2D eigenvalue weighted by molar-refractivity contribution is 7.67. The average molecular weight is 284 g/mol. The maximum Gasteiger partial charge on any atom is 0.232 e. The van der Waals surface area contributed by atoms with Gasteiger partial charge >= 0.3 is 0 Å². The summed E-state index contributed by atoms with van der Waals surface area (Å²) in [7, 11) is -3.69. The second kappa shape index (κ2) is 6.69. The minimum absolute atomic E-state index is 0.513. The van der Waals surface area contributed by atoms with Crippen LogP contribution in [-0.2, 0) is 9.09 Å². The average Bonchev–Trinajstić information content (AvgIpc) is 2.29. The smallest absolute Gasteiger partial charge is 0.232 e. The van der Waals surface area contributed by atoms with Crippen LogP contribution in [0.15, 0.2) is 30.3 Å². The van der Waals surface area contributed by atoms with E-state index in [2.05, 4.69) is 19.6 Å². The molecular formula is C14H25O2PSi. The third-order valence-electron chi connectivity index (χ3n) is 2.87. The molecule has 0 fully saturated rings. The summed E-state index contributed by atoms with van der Waals surface area (Å²) in [5.41, 5.74) is 0. The Hall–Kier alpha value is -0.373. The van der Waals surface area contributed by atoms with Gasteiger partial charge in [0.25, 0.3) is 0 Å². The predicted octanol–water partition coefficient (Wildman–Crippen LogP) is 4.35. The van der Waals surface area contributed by atoms with Gasteiger partial charge in [-0.25, -0.2) is 0 Å². The van der Waals surface area contributed by atoms with Crippen LogP contribution in [0.5, 0.6) is 0 Å². The Morgan fingerprint density at radius 3 is 2.28 bits per heavy atom. The van der Waals surface area contributed by atoms with E-state index in [0.717, 1.165) is 11.7 Å². The van der Waals surface area contributed by atoms with E-state index in [-0.39, 0.29) is 0 Å². The van der Waals surface area contributed by atoms with Gasteiger partial charge in [0, 0.05) is 19.5 Å². The first-order chi connectivity index (χ1) is 8.37. The first-order valence-electron chi connectivity index (χ1n) is 6.67. The number of benzene rings is 1. The Labute approximate surface area is 112 Å². The van der Waals surface area contributed by atoms with Crippen LogP contribution >= 0.6 is 7.37 Å². The van der Waals surface area contributed by atoms with Crippen LogP contribution in [0.1, 0.15) is 13.3 Å². The molecule has 0 aliphatic carbocycles. The molecule has 18 heavy (non-hydrogen) atoms. The Kier molecular flexibility index (Phi) is 5.83. The molecule has 0 spiro atoms. The third kappa shape index (κ3) is 5.09. The van der Waals surface area contributed by atoms with Gasteiger partial charge in [-0.15, -0.1) is 0 Å². The molecule has 102 valence electrons. The molecule has 4 heteroatoms. The van der Waals surface area contributed by atoms with Gasteiger partial charge in [0.2, 0.25) is 7.37 Å². The molecule has 0 saturated carbocycles. The first kappa shape index (κ1) is 15.7. The molecule has 0 N–H and O–H groups in total. The second-order valence-electron chi connectivity index (χ2n) is 5.81. The lowest BCUT2D eigenvalue weighted by Crippen LogP contribution is -2.20. The fourth-order valence-corrected chi connectivity index (χ4v) is 5.64. The third-order valence-corrected chi connectivity index (χ3v) is 7.39. The molecule has 1 rings (SSSR count). The topological polar surface area (TPSA) is 26.3 Å². The summed E-state index contributed by atoms with van der Waals surface area (Å²) in [4.78, 5) is 0. The molecule has 1 aromatic carbocycles. The van der Waals surface area contributed by atoms with E-state index in [4.69, 9.17) is 4.52 Å². The molecule has 0 amide bonds. The monoisotopic (exact) mass is 284 g/mol. The zero-order chi connectivity index (χ0) is 13.6. The van der Waals surface area contributed by atoms with Gasteiger partial charge in [-0.05, 0) is 25.5 Å². The second-order valence-corrected chi connectivity index (χ2v) is 14.0. The summed E-state index contributed by atoms with van der Waals surface area (Å²) < 4.78 is 18.5. The van der Waals surface area contributed by atoms with Crippen molar-refractivity contribution in [1.29, 1.82) is 0 Å². The maximum absolute atomic E-state index is 12.9. The molecule has 0 radical (unpaired) electrons. The lowest BCUT2D eigenvalue weighted by molar-refractivity contribution is 0.340. The van der Waals surface area contributed by atoms with Crippen LogP contribution in [0.25, 0.3) is 0 Å². The highest BCUT2D eigenvalue weighted by atomic mass is 31.2. The van der Waals surface area contributed by atoms with Crippen LogP contribution in [0.3, 0.4) is 0 Å². The van der Waals surface area contributed by atoms with Crippen molar-refractivity contribution in [3.63, 3.8) is 0 Å². The van der Waals surface area contributed by atoms with E-state index >= 15 is 0 Å². The molecule has 1 aromatic rings. The molecule has 1 unspecified atom stereocenters. The number of hydrogen-bond acceptors (Lipinski definition) is 2. The Morgan fingerprint density at radius 1 is 1.17 bits per heavy atom. The standard InChI is InChI=1S/C14H25O2PSi/c1-5-16-17(15,12-9-13-18(2,3)4)14-10-7-6-8-11-14/h6-8,10-11H,5,9,12-13H2,1-4H3. The SMILES string of the molecule is CCOP(=O)(CCC[Si](C)(C)C)c1ccccc1. The van der Waals surface area contributed by atoms with Gasteiger partial charge < -0.3 is 4.52 Å². The highest BCUT2D eigenvalue weighted by Crippen LogP contribution is 2.46. The van der Waals surface area contributed by atoms with Crippen LogP contribution in [-0.4, -0.2) is 20.8 Å². The van der Waals surface area contributed by atoms with Gasteiger partial charge in [-0.1, -0.05) is 43.9 Å². The van der Waals surface area contributed by atoms with Crippen molar-refractivity contribution in [2.45, 2.75) is 39.0 Å². The first-order valence-corrected chi connectivity index (χ1v) is 12.2. The van der Waals surface area contributed by atoms with Gasteiger partial charge in [0.05, 0.1) is 6.61 Å². The molecule has 0 heterocycles. The van der Waals surface area contributed by atoms with Crippen LogP contribution in [0.2, 0.25) is 25.7 Å². The van der Waals surface area contributed by atoms with E-state index < -0.39 is 15.4 Å². The fraction of sp³-hybridized carbons (Fsp3) is 0.571. The molecule has 0 aliphatic rings. The molecule has 0 aromatic heterocycles. The maximum atomic E-state index is 12.9. The molecule has 0 aliphatic heterocycles. The van der Waals surface area contributed by atoms with E-state index in [1.54, 1.807) is 0 Å². The van der Waals surface area contributed by atoms with Crippen molar-refractivity contribution in [1.82, 2.24) is 0 Å². The molecule has 2 nitrogen and oxygen atoms in total. The van der Waals surface area contributed by atoms with Gasteiger partial charge in [0.1, 0.15) is 0 Å². The van der Waals surface area contributed by atoms with E-state index in [0.29, 0.717) is 12.8 Å². The van der Waals surface area contributed by atoms with Crippen molar-refractivity contribution < 1.29 is 9.09 Å². The predicted molar refractivity (Wildman–Crippen MR) is 82.9 cm³/mol. The van der Waals surface area contributed by atoms with Crippen LogP contribution < -0.4 is 5.30 Å². The summed E-state index contributed by atoms with van der Waals surface area (Å²) in [5, 5.41) is 0.863. The lowest BCUT2D eigenvalue weighted by atomic mass is 10.4. The number of rotatable bonds is 7. The minimum atomic E-state index is -2.64. The van der Waals surface area contributed by atoms with Crippen molar-refractivity contribution >= 4 is 20.7 Å². The zero-order valence-corrected chi connectivity index (χ0v) is 13.9. The Bertz CT molecular complexity index is 398. The normalized spacial score (nSPS) is 15.3. The highest BCUT2D eigenvalue weighted by Gasteiger charge is 2.25. The van der Waals surface area contributed by atoms with Crippen LogP contribution in [0, 0.1) is 0 Å². The van der Waals surface area contributed by atoms with E-state index in [1.807, 2.05) is 37.3 Å². The summed E-state index contributed by atoms with van der Waals surface area (Å²) in [5.74, 6) is 0. The molecule has 0 saturated heterocycles. The zero-order valence-electron chi connectivity index (χ0n) is 12.0. The fourth-order valence-electron chi connectivity index (χ4n) is 1.95. The molecular weight excluding hydrogens is 259 g/mol. The van der Waals surface area contributed by atoms with Crippen molar-refractivity contribution in [3.8, 4) is 0 Å². The summed E-state index contributed by atoms with van der Waals surface area (Å²) in [6, 6.07) is 10.9. The Morgan fingerprint density at radius 2 is 1.78 bits per heavy atom. The van der Waals surface area contributed by atoms with Gasteiger partial charge in [-0.3, -0.25) is 4.57 Å². The summed E-state index contributed by atoms with van der Waals surface area (Å²) in [6.07, 6.45) is 1.68. The summed E-state index contributed by atoms with van der Waals surface area (Å²) in [6.45, 7) is 9.47. The molecule has 1 atom stereocenters. The summed E-state index contributed by atoms with van der Waals surface area (Å²) >= 11 is 0. The van der Waals surface area contributed by atoms with Crippen LogP contribution in [0.4, 0.5) is 0 Å². The van der Waals surface area contributed by atoms with E-state index in [9.17, 15) is 4.57 Å². The molecule has 0 bridgehead atoms. The Balaban J connectivity index is 2.73. The van der Waals surface area contributed by atoms with Crippen molar-refractivity contribution in [3.05, 3.63) is 30.3 Å². The number of hydrogen-bond donors (Lipinski definition) is 0. The van der Waals surface area contributed by atoms with Crippen molar-refractivity contribution in [2.75, 3.05) is 12.8 Å². The lowest BCUT2D eigenvalue weighted by Gasteiger charge is -2.21. The largest absolute Gasteiger partial charge is 0.326 e.